The predicted molar refractivity (Wildman–Crippen MR) is 68.0 cm³/mol. The highest BCUT2D eigenvalue weighted by Crippen LogP contribution is 2.15. The lowest BCUT2D eigenvalue weighted by Gasteiger charge is -2.10. The van der Waals surface area contributed by atoms with Crippen molar-refractivity contribution < 1.29 is 18.0 Å². The fourth-order valence-corrected chi connectivity index (χ4v) is 3.06. The Bertz CT molecular complexity index is 517. The number of Topliss-reactive ketones (excluding diaryl/α,β-unsaturated/α-hetero) is 2. The smallest absolute Gasteiger partial charge is 0.178 e. The topological polar surface area (TPSA) is 68.3 Å². The molecule has 0 N–H and O–H groups in total. The summed E-state index contributed by atoms with van der Waals surface area (Å²) in [6, 6.07) is 8.02. The Hall–Kier alpha value is -1.49. The molecule has 0 fully saturated rings. The summed E-state index contributed by atoms with van der Waals surface area (Å²) < 4.78 is 23.9. The van der Waals surface area contributed by atoms with Crippen LogP contribution in [-0.4, -0.2) is 25.7 Å². The van der Waals surface area contributed by atoms with Crippen LogP contribution in [0.3, 0.4) is 0 Å². The fourth-order valence-electron chi connectivity index (χ4n) is 1.71. The first-order chi connectivity index (χ1) is 8.34. The fraction of sp³-hybridized carbons (Fsp3) is 0.385. The predicted octanol–water partition coefficient (Wildman–Crippen LogP) is 1.64. The highest BCUT2D eigenvalue weighted by molar-refractivity contribution is 7.91. The SMILES string of the molecule is CC(=O)C(CCS(=O)(=O)c1ccccc1)C(C)=O. The first kappa shape index (κ1) is 14.6. The summed E-state index contributed by atoms with van der Waals surface area (Å²) in [4.78, 5) is 22.7. The Morgan fingerprint density at radius 2 is 1.56 bits per heavy atom. The van der Waals surface area contributed by atoms with E-state index in [9.17, 15) is 18.0 Å². The van der Waals surface area contributed by atoms with E-state index in [1.54, 1.807) is 18.2 Å². The van der Waals surface area contributed by atoms with E-state index in [0.29, 0.717) is 0 Å². The van der Waals surface area contributed by atoms with E-state index in [4.69, 9.17) is 0 Å². The molecule has 0 heterocycles. The molecule has 0 aliphatic rings. The van der Waals surface area contributed by atoms with Crippen molar-refractivity contribution in [1.82, 2.24) is 0 Å². The first-order valence-electron chi connectivity index (χ1n) is 5.63. The highest BCUT2D eigenvalue weighted by atomic mass is 32.2. The van der Waals surface area contributed by atoms with Crippen LogP contribution in [0.1, 0.15) is 20.3 Å². The summed E-state index contributed by atoms with van der Waals surface area (Å²) >= 11 is 0. The third-order valence-electron chi connectivity index (χ3n) is 2.76. The van der Waals surface area contributed by atoms with Crippen molar-refractivity contribution >= 4 is 21.4 Å². The summed E-state index contributed by atoms with van der Waals surface area (Å²) in [5.74, 6) is -1.58. The van der Waals surface area contributed by atoms with Gasteiger partial charge in [-0.2, -0.15) is 0 Å². The monoisotopic (exact) mass is 268 g/mol. The van der Waals surface area contributed by atoms with Crippen LogP contribution >= 0.6 is 0 Å². The van der Waals surface area contributed by atoms with Crippen LogP contribution in [0.4, 0.5) is 0 Å². The van der Waals surface area contributed by atoms with Gasteiger partial charge in [0.1, 0.15) is 11.6 Å². The second-order valence-electron chi connectivity index (χ2n) is 4.19. The molecule has 0 unspecified atom stereocenters. The Morgan fingerprint density at radius 1 is 1.06 bits per heavy atom. The molecule has 0 aromatic heterocycles. The number of sulfone groups is 1. The Balaban J connectivity index is 2.80. The number of hydrogen-bond donors (Lipinski definition) is 0. The molecular formula is C13H16O4S. The molecule has 0 saturated carbocycles. The standard InChI is InChI=1S/C13H16O4S/c1-10(14)13(11(2)15)8-9-18(16,17)12-6-4-3-5-7-12/h3-7,13H,8-9H2,1-2H3. The van der Waals surface area contributed by atoms with Crippen LogP contribution in [0.25, 0.3) is 0 Å². The molecule has 1 aromatic rings. The number of carbonyl (C=O) groups is 2. The molecule has 1 aromatic carbocycles. The zero-order chi connectivity index (χ0) is 13.8. The van der Waals surface area contributed by atoms with Crippen molar-refractivity contribution in [2.75, 3.05) is 5.75 Å². The van der Waals surface area contributed by atoms with Crippen molar-refractivity contribution in [3.8, 4) is 0 Å². The van der Waals surface area contributed by atoms with Crippen LogP contribution in [0.2, 0.25) is 0 Å². The number of hydrogen-bond acceptors (Lipinski definition) is 4. The van der Waals surface area contributed by atoms with E-state index in [0.717, 1.165) is 0 Å². The molecule has 98 valence electrons. The van der Waals surface area contributed by atoms with Gasteiger partial charge >= 0.3 is 0 Å². The van der Waals surface area contributed by atoms with Gasteiger partial charge in [0.05, 0.1) is 16.6 Å². The molecule has 5 heteroatoms. The number of rotatable bonds is 6. The van der Waals surface area contributed by atoms with Gasteiger partial charge in [-0.1, -0.05) is 18.2 Å². The lowest BCUT2D eigenvalue weighted by Crippen LogP contribution is -2.23. The van der Waals surface area contributed by atoms with Gasteiger partial charge in [0.2, 0.25) is 0 Å². The van der Waals surface area contributed by atoms with E-state index < -0.39 is 15.8 Å². The molecule has 18 heavy (non-hydrogen) atoms. The third kappa shape index (κ3) is 3.77. The van der Waals surface area contributed by atoms with Gasteiger partial charge in [-0.25, -0.2) is 8.42 Å². The molecular weight excluding hydrogens is 252 g/mol. The lowest BCUT2D eigenvalue weighted by molar-refractivity contribution is -0.130. The second kappa shape index (κ2) is 5.91. The minimum Gasteiger partial charge on any atom is -0.299 e. The number of carbonyl (C=O) groups excluding carboxylic acids is 2. The molecule has 0 atom stereocenters. The van der Waals surface area contributed by atoms with Crippen molar-refractivity contribution in [3.05, 3.63) is 30.3 Å². The van der Waals surface area contributed by atoms with Crippen LogP contribution < -0.4 is 0 Å². The van der Waals surface area contributed by atoms with Gasteiger partial charge in [-0.15, -0.1) is 0 Å². The summed E-state index contributed by atoms with van der Waals surface area (Å²) in [5, 5.41) is 0. The zero-order valence-electron chi connectivity index (χ0n) is 10.4. The maximum atomic E-state index is 12.0. The molecule has 0 aliphatic carbocycles. The minimum atomic E-state index is -3.43. The first-order valence-corrected chi connectivity index (χ1v) is 7.28. The molecule has 0 saturated heterocycles. The molecule has 0 bridgehead atoms. The molecule has 1 rings (SSSR count). The summed E-state index contributed by atoms with van der Waals surface area (Å²) in [5.41, 5.74) is 0. The minimum absolute atomic E-state index is 0.0435. The third-order valence-corrected chi connectivity index (χ3v) is 4.52. The van der Waals surface area contributed by atoms with Gasteiger partial charge in [0, 0.05) is 0 Å². The van der Waals surface area contributed by atoms with Gasteiger partial charge in [0.15, 0.2) is 9.84 Å². The Morgan fingerprint density at radius 3 is 2.00 bits per heavy atom. The lowest BCUT2D eigenvalue weighted by atomic mass is 9.98. The van der Waals surface area contributed by atoms with Gasteiger partial charge in [0.25, 0.3) is 0 Å². The van der Waals surface area contributed by atoms with Crippen LogP contribution in [0, 0.1) is 5.92 Å². The summed E-state index contributed by atoms with van der Waals surface area (Å²) in [6.07, 6.45) is 0.0435. The molecule has 0 spiro atoms. The normalized spacial score (nSPS) is 11.5. The van der Waals surface area contributed by atoms with E-state index in [2.05, 4.69) is 0 Å². The van der Waals surface area contributed by atoms with Crippen LogP contribution in [-0.2, 0) is 19.4 Å². The summed E-state index contributed by atoms with van der Waals surface area (Å²) in [7, 11) is -3.43. The van der Waals surface area contributed by atoms with Crippen molar-refractivity contribution in [3.63, 3.8) is 0 Å². The van der Waals surface area contributed by atoms with Crippen molar-refractivity contribution in [1.29, 1.82) is 0 Å². The van der Waals surface area contributed by atoms with Gasteiger partial charge in [-0.3, -0.25) is 9.59 Å². The average molecular weight is 268 g/mol. The van der Waals surface area contributed by atoms with E-state index >= 15 is 0 Å². The van der Waals surface area contributed by atoms with Crippen LogP contribution in [0.15, 0.2) is 35.2 Å². The van der Waals surface area contributed by atoms with E-state index in [1.165, 1.54) is 26.0 Å². The molecule has 0 amide bonds. The number of benzene rings is 1. The van der Waals surface area contributed by atoms with Crippen LogP contribution in [0.5, 0.6) is 0 Å². The highest BCUT2D eigenvalue weighted by Gasteiger charge is 2.23. The maximum absolute atomic E-state index is 12.0. The zero-order valence-corrected chi connectivity index (χ0v) is 11.2. The van der Waals surface area contributed by atoms with Gasteiger partial charge in [-0.05, 0) is 32.4 Å². The quantitative estimate of drug-likeness (QED) is 0.736. The van der Waals surface area contributed by atoms with Crippen molar-refractivity contribution in [2.45, 2.75) is 25.2 Å². The summed E-state index contributed by atoms with van der Waals surface area (Å²) in [6.45, 7) is 2.61. The van der Waals surface area contributed by atoms with Crippen molar-refractivity contribution in [2.24, 2.45) is 5.92 Å². The Kier molecular flexibility index (Phi) is 4.78. The molecule has 4 nitrogen and oxygen atoms in total. The second-order valence-corrected chi connectivity index (χ2v) is 6.30. The van der Waals surface area contributed by atoms with Gasteiger partial charge < -0.3 is 0 Å². The Labute approximate surface area is 107 Å². The van der Waals surface area contributed by atoms with E-state index in [-0.39, 0.29) is 28.6 Å². The van der Waals surface area contributed by atoms with E-state index in [1.807, 2.05) is 0 Å². The average Bonchev–Trinajstić information content (AvgIpc) is 2.29. The maximum Gasteiger partial charge on any atom is 0.178 e. The number of ketones is 2. The largest absolute Gasteiger partial charge is 0.299 e. The molecule has 0 radical (unpaired) electrons. The molecule has 0 aliphatic heterocycles.